The SMILES string of the molecule is CSCCCNC(=O)c1cc(Cl)nc(C(C)C)c1. The van der Waals surface area contributed by atoms with E-state index in [1.165, 1.54) is 0 Å². The van der Waals surface area contributed by atoms with E-state index in [1.807, 2.05) is 13.8 Å². The van der Waals surface area contributed by atoms with Crippen LogP contribution < -0.4 is 5.32 Å². The van der Waals surface area contributed by atoms with Crippen molar-refractivity contribution in [1.29, 1.82) is 0 Å². The van der Waals surface area contributed by atoms with Gasteiger partial charge < -0.3 is 5.32 Å². The van der Waals surface area contributed by atoms with Crippen molar-refractivity contribution in [2.24, 2.45) is 0 Å². The van der Waals surface area contributed by atoms with Gasteiger partial charge in [-0.2, -0.15) is 11.8 Å². The molecule has 1 amide bonds. The van der Waals surface area contributed by atoms with Crippen molar-refractivity contribution in [1.82, 2.24) is 10.3 Å². The number of carbonyl (C=O) groups excluding carboxylic acids is 1. The fraction of sp³-hybridized carbons (Fsp3) is 0.538. The largest absolute Gasteiger partial charge is 0.352 e. The lowest BCUT2D eigenvalue weighted by atomic mass is 10.1. The van der Waals surface area contributed by atoms with Crippen LogP contribution in [0.4, 0.5) is 0 Å². The first-order valence-electron chi connectivity index (χ1n) is 5.99. The molecule has 100 valence electrons. The lowest BCUT2D eigenvalue weighted by molar-refractivity contribution is 0.0953. The molecule has 1 aromatic heterocycles. The maximum absolute atomic E-state index is 11.9. The molecule has 0 aliphatic heterocycles. The summed E-state index contributed by atoms with van der Waals surface area (Å²) in [6, 6.07) is 3.41. The van der Waals surface area contributed by atoms with E-state index in [0.29, 0.717) is 17.3 Å². The van der Waals surface area contributed by atoms with Crippen molar-refractivity contribution >= 4 is 29.3 Å². The second-order valence-corrected chi connectivity index (χ2v) is 5.73. The first kappa shape index (κ1) is 15.3. The smallest absolute Gasteiger partial charge is 0.251 e. The van der Waals surface area contributed by atoms with Gasteiger partial charge in [0.1, 0.15) is 5.15 Å². The van der Waals surface area contributed by atoms with Gasteiger partial charge in [0, 0.05) is 17.8 Å². The fourth-order valence-corrected chi connectivity index (χ4v) is 2.11. The number of nitrogens with zero attached hydrogens (tertiary/aromatic N) is 1. The monoisotopic (exact) mass is 286 g/mol. The summed E-state index contributed by atoms with van der Waals surface area (Å²) in [5.74, 6) is 1.23. The highest BCUT2D eigenvalue weighted by molar-refractivity contribution is 7.98. The molecule has 18 heavy (non-hydrogen) atoms. The average Bonchev–Trinajstić information content (AvgIpc) is 2.33. The number of thioether (sulfide) groups is 1. The Labute approximate surface area is 118 Å². The van der Waals surface area contributed by atoms with E-state index in [1.54, 1.807) is 23.9 Å². The van der Waals surface area contributed by atoms with Gasteiger partial charge in [0.2, 0.25) is 0 Å². The lowest BCUT2D eigenvalue weighted by Gasteiger charge is -2.09. The van der Waals surface area contributed by atoms with E-state index < -0.39 is 0 Å². The molecule has 3 nitrogen and oxygen atoms in total. The van der Waals surface area contributed by atoms with Crippen LogP contribution in [0.15, 0.2) is 12.1 Å². The summed E-state index contributed by atoms with van der Waals surface area (Å²) in [6.45, 7) is 4.74. The molecule has 0 radical (unpaired) electrons. The summed E-state index contributed by atoms with van der Waals surface area (Å²) in [6.07, 6.45) is 3.03. The first-order valence-corrected chi connectivity index (χ1v) is 7.76. The Kier molecular flexibility index (Phi) is 6.50. The molecule has 0 bridgehead atoms. The van der Waals surface area contributed by atoms with Gasteiger partial charge in [-0.05, 0) is 36.5 Å². The van der Waals surface area contributed by atoms with Gasteiger partial charge in [-0.15, -0.1) is 0 Å². The molecule has 0 saturated carbocycles. The minimum absolute atomic E-state index is 0.0812. The number of carbonyl (C=O) groups is 1. The third-order valence-corrected chi connectivity index (χ3v) is 3.37. The molecule has 1 N–H and O–H groups in total. The third-order valence-electron chi connectivity index (χ3n) is 2.48. The summed E-state index contributed by atoms with van der Waals surface area (Å²) in [7, 11) is 0. The van der Waals surface area contributed by atoms with Crippen molar-refractivity contribution in [2.75, 3.05) is 18.6 Å². The molecule has 0 aromatic carbocycles. The number of halogens is 1. The standard InChI is InChI=1S/C13H19ClN2OS/c1-9(2)11-7-10(8-12(14)16-11)13(17)15-5-4-6-18-3/h7-9H,4-6H2,1-3H3,(H,15,17). The maximum Gasteiger partial charge on any atom is 0.251 e. The Hall–Kier alpha value is -0.740. The number of hydrogen-bond donors (Lipinski definition) is 1. The molecule has 1 heterocycles. The van der Waals surface area contributed by atoms with Gasteiger partial charge in [0.05, 0.1) is 0 Å². The zero-order valence-electron chi connectivity index (χ0n) is 11.0. The van der Waals surface area contributed by atoms with Gasteiger partial charge in [-0.3, -0.25) is 4.79 Å². The van der Waals surface area contributed by atoms with Crippen LogP contribution in [-0.2, 0) is 0 Å². The van der Waals surface area contributed by atoms with Crippen LogP contribution in [0.25, 0.3) is 0 Å². The molecular weight excluding hydrogens is 268 g/mol. The van der Waals surface area contributed by atoms with E-state index in [-0.39, 0.29) is 11.8 Å². The number of pyridine rings is 1. The molecule has 0 unspecified atom stereocenters. The van der Waals surface area contributed by atoms with Gasteiger partial charge in [0.25, 0.3) is 5.91 Å². The molecule has 0 spiro atoms. The van der Waals surface area contributed by atoms with E-state index >= 15 is 0 Å². The van der Waals surface area contributed by atoms with Crippen LogP contribution >= 0.6 is 23.4 Å². The van der Waals surface area contributed by atoms with E-state index in [4.69, 9.17) is 11.6 Å². The Morgan fingerprint density at radius 2 is 2.22 bits per heavy atom. The lowest BCUT2D eigenvalue weighted by Crippen LogP contribution is -2.25. The highest BCUT2D eigenvalue weighted by Crippen LogP contribution is 2.17. The third kappa shape index (κ3) is 4.86. The zero-order valence-corrected chi connectivity index (χ0v) is 12.6. The van der Waals surface area contributed by atoms with Crippen LogP contribution in [0.3, 0.4) is 0 Å². The Balaban J connectivity index is 2.67. The summed E-state index contributed by atoms with van der Waals surface area (Å²) in [4.78, 5) is 16.1. The topological polar surface area (TPSA) is 42.0 Å². The molecule has 1 aromatic rings. The average molecular weight is 287 g/mol. The summed E-state index contributed by atoms with van der Waals surface area (Å²) >= 11 is 7.70. The number of amides is 1. The minimum Gasteiger partial charge on any atom is -0.352 e. The number of aromatic nitrogens is 1. The summed E-state index contributed by atoms with van der Waals surface area (Å²) < 4.78 is 0. The first-order chi connectivity index (χ1) is 8.54. The van der Waals surface area contributed by atoms with Crippen molar-refractivity contribution in [3.8, 4) is 0 Å². The molecule has 1 rings (SSSR count). The molecule has 0 saturated heterocycles. The van der Waals surface area contributed by atoms with Crippen LogP contribution in [0, 0.1) is 0 Å². The van der Waals surface area contributed by atoms with E-state index in [9.17, 15) is 4.79 Å². The van der Waals surface area contributed by atoms with Crippen LogP contribution in [-0.4, -0.2) is 29.4 Å². The molecule has 5 heteroatoms. The van der Waals surface area contributed by atoms with Crippen LogP contribution in [0.2, 0.25) is 5.15 Å². The van der Waals surface area contributed by atoms with Crippen molar-refractivity contribution < 1.29 is 4.79 Å². The van der Waals surface area contributed by atoms with Crippen molar-refractivity contribution in [3.05, 3.63) is 28.5 Å². The second-order valence-electron chi connectivity index (χ2n) is 4.36. The highest BCUT2D eigenvalue weighted by atomic mass is 35.5. The van der Waals surface area contributed by atoms with Gasteiger partial charge >= 0.3 is 0 Å². The van der Waals surface area contributed by atoms with Crippen molar-refractivity contribution in [3.63, 3.8) is 0 Å². The van der Waals surface area contributed by atoms with E-state index in [2.05, 4.69) is 16.6 Å². The van der Waals surface area contributed by atoms with Crippen LogP contribution in [0.5, 0.6) is 0 Å². The molecule has 0 atom stereocenters. The number of nitrogens with one attached hydrogen (secondary N) is 1. The molecule has 0 fully saturated rings. The highest BCUT2D eigenvalue weighted by Gasteiger charge is 2.10. The molecule has 0 aliphatic carbocycles. The van der Waals surface area contributed by atoms with Crippen LogP contribution in [0.1, 0.15) is 42.2 Å². The van der Waals surface area contributed by atoms with Gasteiger partial charge in [-0.1, -0.05) is 25.4 Å². The summed E-state index contributed by atoms with van der Waals surface area (Å²) in [5, 5.41) is 3.26. The molecule has 0 aliphatic rings. The zero-order chi connectivity index (χ0) is 13.5. The maximum atomic E-state index is 11.9. The predicted molar refractivity (Wildman–Crippen MR) is 78.7 cm³/mol. The predicted octanol–water partition coefficient (Wildman–Crippen LogP) is 3.34. The normalized spacial score (nSPS) is 10.7. The van der Waals surface area contributed by atoms with Crippen molar-refractivity contribution in [2.45, 2.75) is 26.2 Å². The quantitative estimate of drug-likeness (QED) is 0.644. The minimum atomic E-state index is -0.0812. The number of rotatable bonds is 6. The Morgan fingerprint density at radius 3 is 2.83 bits per heavy atom. The van der Waals surface area contributed by atoms with Gasteiger partial charge in [-0.25, -0.2) is 4.98 Å². The number of hydrogen-bond acceptors (Lipinski definition) is 3. The van der Waals surface area contributed by atoms with Gasteiger partial charge in [0.15, 0.2) is 0 Å². The van der Waals surface area contributed by atoms with E-state index in [0.717, 1.165) is 17.9 Å². The molecular formula is C13H19ClN2OS. The fourth-order valence-electron chi connectivity index (χ4n) is 1.46. The Bertz CT molecular complexity index is 410. The second kappa shape index (κ2) is 7.64. The Morgan fingerprint density at radius 1 is 1.50 bits per heavy atom. The summed E-state index contributed by atoms with van der Waals surface area (Å²) in [5.41, 5.74) is 1.43.